The number of carbonyl (C=O) groups is 8. The normalized spacial score (nSPS) is 24.9. The fourth-order valence-corrected chi connectivity index (χ4v) is 12.9. The molecule has 7 amide bonds. The Morgan fingerprint density at radius 3 is 1.95 bits per heavy atom. The molecule has 0 bridgehead atoms. The number of hydrogen-bond donors (Lipinski definition) is 10. The van der Waals surface area contributed by atoms with Crippen molar-refractivity contribution in [2.45, 2.75) is 128 Å². The Morgan fingerprint density at radius 1 is 0.763 bits per heavy atom. The molecule has 0 saturated carbocycles. The molecule has 3 aliphatic rings. The summed E-state index contributed by atoms with van der Waals surface area (Å²) in [7, 11) is 1.47. The first-order valence-electron chi connectivity index (χ1n) is 29.0. The second-order valence-electron chi connectivity index (χ2n) is 22.3. The molecule has 93 heavy (non-hydrogen) atoms. The molecule has 5 aromatic rings. The summed E-state index contributed by atoms with van der Waals surface area (Å²) in [6.07, 6.45) is -10.0. The molecule has 34 nitrogen and oxygen atoms in total. The summed E-state index contributed by atoms with van der Waals surface area (Å²) in [4.78, 5) is 149. The van der Waals surface area contributed by atoms with E-state index >= 15 is 8.78 Å². The predicted molar refractivity (Wildman–Crippen MR) is 329 cm³/mol. The van der Waals surface area contributed by atoms with Crippen LogP contribution in [-0.2, 0) is 91.3 Å². The number of nitrogens with one attached hydrogen (secondary N) is 5. The molecule has 13 atom stereocenters. The third-order valence-electron chi connectivity index (χ3n) is 15.0. The van der Waals surface area contributed by atoms with Gasteiger partial charge < -0.3 is 81.1 Å². The highest BCUT2D eigenvalue weighted by Crippen LogP contribution is 2.55. The number of amides is 7. The largest absolute Gasteiger partial charge is 0.481 e. The van der Waals surface area contributed by atoms with Gasteiger partial charge in [-0.25, -0.2) is 48.3 Å². The number of nitrogens with two attached hydrogens (primary N) is 2. The van der Waals surface area contributed by atoms with E-state index in [1.807, 2.05) is 0 Å². The van der Waals surface area contributed by atoms with Crippen LogP contribution >= 0.6 is 13.4 Å². The zero-order valence-electron chi connectivity index (χ0n) is 50.4. The van der Waals surface area contributed by atoms with E-state index < -0.39 is 141 Å². The molecule has 0 radical (unpaired) electrons. The monoisotopic (exact) mass is 1380 g/mol. The number of ketones is 1. The number of alkyl halides is 2. The Kier molecular flexibility index (Phi) is 24.3. The van der Waals surface area contributed by atoms with Gasteiger partial charge in [-0.05, 0) is 66.5 Å². The molecule has 506 valence electrons. The molecule has 0 aliphatic carbocycles. The zero-order chi connectivity index (χ0) is 67.5. The van der Waals surface area contributed by atoms with Gasteiger partial charge in [0.25, 0.3) is 0 Å². The molecule has 1 aromatic carbocycles. The Hall–Kier alpha value is -7.48. The van der Waals surface area contributed by atoms with Gasteiger partial charge in [-0.2, -0.15) is 0 Å². The minimum atomic E-state index is -4.42. The number of benzene rings is 1. The molecule has 12 N–H and O–H groups in total. The summed E-state index contributed by atoms with van der Waals surface area (Å²) >= 11 is 10.5. The average molecular weight is 1380 g/mol. The lowest BCUT2D eigenvalue weighted by Crippen LogP contribution is -2.46. The Balaban J connectivity index is 0.796. The number of aromatic nitrogens is 8. The number of rotatable bonds is 26. The van der Waals surface area contributed by atoms with Crippen molar-refractivity contribution in [3.8, 4) is 0 Å². The van der Waals surface area contributed by atoms with E-state index in [-0.39, 0.29) is 111 Å². The SMILES string of the molecule is CC(CC(=O)NCCC(=O)N[C@H](C(=O)C[C@@H](CCCNC(N)=O)C(=O)Nc1ccc(COC(=O)N(C)CCCC(=O)Nc2ncnc3c2ncn3[C@@H]2O[C@@H]3COP(O)(=S)O[C@H]4[C@@H](F)[C@H](n5cnc6c(N)ncnc65)O[C@@H]4COP(O)(=S)O[C@H]3[C@H]2F)cc1)C(C)C)C(=O)O. The predicted octanol–water partition coefficient (Wildman–Crippen LogP) is 2.68. The number of primary amides is 1. The van der Waals surface area contributed by atoms with Crippen LogP contribution in [0.25, 0.3) is 22.3 Å². The second-order valence-corrected chi connectivity index (χ2v) is 27.8. The first kappa shape index (κ1) is 71.4. The molecule has 3 aliphatic heterocycles. The zero-order valence-corrected chi connectivity index (χ0v) is 53.8. The fraction of sp³-hybridized carbons (Fsp3) is 0.547. The highest BCUT2D eigenvalue weighted by atomic mass is 32.5. The van der Waals surface area contributed by atoms with Crippen molar-refractivity contribution < 1.29 is 94.3 Å². The number of nitrogens with zero attached hydrogens (tertiary/aromatic N) is 9. The van der Waals surface area contributed by atoms with Crippen LogP contribution in [0, 0.1) is 17.8 Å². The summed E-state index contributed by atoms with van der Waals surface area (Å²) in [6, 6.07) is 4.58. The fourth-order valence-electron chi connectivity index (χ4n) is 10.1. The molecule has 3 fully saturated rings. The molecule has 0 spiro atoms. The lowest BCUT2D eigenvalue weighted by atomic mass is 9.89. The first-order chi connectivity index (χ1) is 44.1. The van der Waals surface area contributed by atoms with Crippen molar-refractivity contribution in [2.75, 3.05) is 56.3 Å². The van der Waals surface area contributed by atoms with E-state index in [1.165, 1.54) is 34.3 Å². The third kappa shape index (κ3) is 18.9. The molecule has 4 aromatic heterocycles. The van der Waals surface area contributed by atoms with Crippen LogP contribution < -0.4 is 38.1 Å². The second kappa shape index (κ2) is 31.6. The maximum Gasteiger partial charge on any atom is 0.409 e. The van der Waals surface area contributed by atoms with Crippen LogP contribution in [0.4, 0.5) is 35.7 Å². The van der Waals surface area contributed by atoms with Gasteiger partial charge in [0.2, 0.25) is 23.6 Å². The highest BCUT2D eigenvalue weighted by molar-refractivity contribution is 8.07. The van der Waals surface area contributed by atoms with E-state index in [0.717, 1.165) is 19.0 Å². The number of hydrogen-bond acceptors (Lipinski definition) is 24. The number of ether oxygens (including phenoxy) is 3. The van der Waals surface area contributed by atoms with Gasteiger partial charge in [0.05, 0.1) is 37.8 Å². The van der Waals surface area contributed by atoms with Crippen LogP contribution in [0.5, 0.6) is 0 Å². The lowest BCUT2D eigenvalue weighted by Gasteiger charge is -2.29. The first-order valence-corrected chi connectivity index (χ1v) is 34.2. The average Bonchev–Trinajstić information content (AvgIpc) is 1.63. The van der Waals surface area contributed by atoms with Crippen LogP contribution in [0.3, 0.4) is 0 Å². The number of carboxylic acid groups (broad SMARTS) is 1. The standard InChI is InChI=1S/C53H70F2N16O18P2S2/c1-26(2)39(67-35(74)13-15-58-36(75)17-27(3)51(77)78)31(72)18-29(7-5-14-59-52(57)79)48(76)66-30-11-9-28(10-12-30)19-83-53(80)69(4)16-6-8-34(73)68-45-41-47(63-23-61-45)71(25-65-41)50-38(55)43-33(87-50)21-85-90(81,92)88-42-32(20-84-91(82,93)89-43)86-49(37(42)54)70-24-64-40-44(56)60-22-62-46(40)70/h9-12,22-27,29,32-33,37-39,42-43,49-50H,5-8,13-21H2,1-4H3,(H,58,75)(H,66,76)(H,67,74)(H,77,78)(H,81,92)(H,82,93)(H2,56,60,62)(H3,57,59,79)(H,61,63,68,73)/t27?,29-,32-,33-,37-,38-,39+,42-,43-,49-,50-,90?,91?/m1/s1. The number of carbonyl (C=O) groups excluding carboxylic acids is 7. The molecular formula is C53H70F2N16O18P2S2. The van der Waals surface area contributed by atoms with Gasteiger partial charge in [-0.3, -0.25) is 46.9 Å². The lowest BCUT2D eigenvalue weighted by molar-refractivity contribution is -0.143. The number of aliphatic carboxylic acids is 1. The maximum atomic E-state index is 16.7. The summed E-state index contributed by atoms with van der Waals surface area (Å²) < 4.78 is 75.3. The van der Waals surface area contributed by atoms with E-state index in [4.69, 9.17) is 72.5 Å². The van der Waals surface area contributed by atoms with Crippen LogP contribution in [-0.4, -0.2) is 189 Å². The van der Waals surface area contributed by atoms with E-state index in [0.29, 0.717) is 11.3 Å². The highest BCUT2D eigenvalue weighted by Gasteiger charge is 2.54. The van der Waals surface area contributed by atoms with Gasteiger partial charge >= 0.3 is 31.5 Å². The Bertz CT molecular complexity index is 3660. The molecular weight excluding hydrogens is 1310 g/mol. The number of anilines is 3. The smallest absolute Gasteiger partial charge is 0.409 e. The summed E-state index contributed by atoms with van der Waals surface area (Å²) in [5.74, 6) is -5.99. The van der Waals surface area contributed by atoms with Gasteiger partial charge in [0.1, 0.15) is 49.2 Å². The van der Waals surface area contributed by atoms with Gasteiger partial charge in [0, 0.05) is 64.0 Å². The van der Waals surface area contributed by atoms with Crippen LogP contribution in [0.2, 0.25) is 0 Å². The van der Waals surface area contributed by atoms with Crippen molar-refractivity contribution in [3.05, 3.63) is 55.1 Å². The number of imidazole rings is 2. The minimum absolute atomic E-state index is 0.00930. The number of urea groups is 1. The number of halogens is 2. The quantitative estimate of drug-likeness (QED) is 0.0281. The Morgan fingerprint density at radius 2 is 1.35 bits per heavy atom. The van der Waals surface area contributed by atoms with E-state index in [9.17, 15) is 48.1 Å². The van der Waals surface area contributed by atoms with Crippen molar-refractivity contribution in [1.82, 2.24) is 59.9 Å². The minimum Gasteiger partial charge on any atom is -0.481 e. The third-order valence-corrected chi connectivity index (χ3v) is 18.1. The molecule has 8 rings (SSSR count). The molecule has 3 unspecified atom stereocenters. The van der Waals surface area contributed by atoms with Crippen molar-refractivity contribution in [1.29, 1.82) is 0 Å². The number of carboxylic acids is 1. The van der Waals surface area contributed by atoms with Gasteiger partial charge in [-0.15, -0.1) is 0 Å². The molecule has 7 heterocycles. The maximum absolute atomic E-state index is 16.7. The van der Waals surface area contributed by atoms with Crippen molar-refractivity contribution in [2.24, 2.45) is 23.5 Å². The summed E-state index contributed by atoms with van der Waals surface area (Å²) in [6.45, 7) is -5.50. The molecule has 40 heteroatoms. The summed E-state index contributed by atoms with van der Waals surface area (Å²) in [5, 5.41) is 22.1. The molecule has 3 saturated heterocycles. The van der Waals surface area contributed by atoms with Crippen molar-refractivity contribution in [3.63, 3.8) is 0 Å². The Labute approximate surface area is 538 Å². The van der Waals surface area contributed by atoms with E-state index in [1.54, 1.807) is 38.1 Å². The van der Waals surface area contributed by atoms with Gasteiger partial charge in [-0.1, -0.05) is 32.9 Å². The van der Waals surface area contributed by atoms with Crippen LogP contribution in [0.15, 0.2) is 49.6 Å². The number of nitrogen functional groups attached to an aromatic ring is 1. The van der Waals surface area contributed by atoms with Crippen molar-refractivity contribution >= 4 is 124 Å². The number of fused-ring (bicyclic) bond motifs is 4. The van der Waals surface area contributed by atoms with Crippen LogP contribution in [0.1, 0.15) is 83.7 Å². The topological polar surface area (TPSA) is 464 Å². The van der Waals surface area contributed by atoms with E-state index in [2.05, 4.69) is 56.5 Å². The number of Topliss-reactive ketones (excluding diaryl/α,β-unsaturated/α-hetero) is 1. The summed E-state index contributed by atoms with van der Waals surface area (Å²) in [5.41, 5.74) is 12.2. The van der Waals surface area contributed by atoms with Gasteiger partial charge in [0.15, 0.2) is 59.0 Å².